The van der Waals surface area contributed by atoms with E-state index in [9.17, 15) is 4.79 Å². The monoisotopic (exact) mass is 401 g/mol. The Morgan fingerprint density at radius 1 is 1.17 bits per heavy atom. The molecule has 0 atom stereocenters. The summed E-state index contributed by atoms with van der Waals surface area (Å²) in [7, 11) is 4.87. The van der Waals surface area contributed by atoms with E-state index >= 15 is 0 Å². The van der Waals surface area contributed by atoms with Gasteiger partial charge in [-0.1, -0.05) is 0 Å². The molecule has 2 heterocycles. The summed E-state index contributed by atoms with van der Waals surface area (Å²) in [5.74, 6) is 2.84. The number of imidazole rings is 1. The minimum Gasteiger partial charge on any atom is -0.497 e. The van der Waals surface area contributed by atoms with E-state index in [0.29, 0.717) is 29.6 Å². The molecule has 2 aromatic rings. The Morgan fingerprint density at radius 2 is 1.93 bits per heavy atom. The molecule has 1 amide bonds. The number of aromatic nitrogens is 2. The summed E-state index contributed by atoms with van der Waals surface area (Å²) >= 11 is 0. The van der Waals surface area contributed by atoms with Gasteiger partial charge < -0.3 is 23.7 Å². The highest BCUT2D eigenvalue weighted by Crippen LogP contribution is 2.28. The van der Waals surface area contributed by atoms with Crippen molar-refractivity contribution in [3.05, 3.63) is 41.5 Å². The summed E-state index contributed by atoms with van der Waals surface area (Å²) in [6.45, 7) is 5.09. The number of likely N-dealkylation sites (tertiary alicyclic amines) is 1. The first kappa shape index (κ1) is 21.2. The molecule has 1 aromatic heterocycles. The summed E-state index contributed by atoms with van der Waals surface area (Å²) in [6, 6.07) is 5.34. The molecule has 0 N–H and O–H groups in total. The highest BCUT2D eigenvalue weighted by molar-refractivity contribution is 5.97. The Morgan fingerprint density at radius 3 is 2.59 bits per heavy atom. The summed E-state index contributed by atoms with van der Waals surface area (Å²) in [6.07, 6.45) is 5.01. The van der Waals surface area contributed by atoms with Crippen LogP contribution in [-0.2, 0) is 17.9 Å². The van der Waals surface area contributed by atoms with Gasteiger partial charge in [-0.2, -0.15) is 0 Å². The molecule has 29 heavy (non-hydrogen) atoms. The third kappa shape index (κ3) is 4.90. The zero-order chi connectivity index (χ0) is 20.8. The van der Waals surface area contributed by atoms with Gasteiger partial charge in [-0.05, 0) is 44.2 Å². The van der Waals surface area contributed by atoms with E-state index in [2.05, 4.69) is 16.5 Å². The molecule has 0 saturated carbocycles. The standard InChI is InChI=1S/C22H31N3O4/c1-16-14-23-21(15-27-2)25(16)12-9-17-7-10-24(11-8-17)22(26)19-6-5-18(28-3)13-20(19)29-4/h5-6,13-14,17H,7-12,15H2,1-4H3. The van der Waals surface area contributed by atoms with Crippen molar-refractivity contribution >= 4 is 5.91 Å². The fourth-order valence-corrected chi connectivity index (χ4v) is 3.94. The Hall–Kier alpha value is -2.54. The van der Waals surface area contributed by atoms with Crippen molar-refractivity contribution in [3.8, 4) is 11.5 Å². The number of aryl methyl sites for hydroxylation is 1. The Kier molecular flexibility index (Phi) is 7.14. The summed E-state index contributed by atoms with van der Waals surface area (Å²) in [4.78, 5) is 19.3. The van der Waals surface area contributed by atoms with Crippen molar-refractivity contribution in [1.82, 2.24) is 14.5 Å². The minimum absolute atomic E-state index is 0.0239. The van der Waals surface area contributed by atoms with Gasteiger partial charge >= 0.3 is 0 Å². The predicted molar refractivity (Wildman–Crippen MR) is 110 cm³/mol. The molecule has 1 aromatic carbocycles. The van der Waals surface area contributed by atoms with E-state index in [-0.39, 0.29) is 5.91 Å². The normalized spacial score (nSPS) is 14.8. The van der Waals surface area contributed by atoms with E-state index in [1.165, 1.54) is 0 Å². The lowest BCUT2D eigenvalue weighted by Gasteiger charge is -2.32. The van der Waals surface area contributed by atoms with Crippen molar-refractivity contribution in [3.63, 3.8) is 0 Å². The second kappa shape index (κ2) is 9.78. The van der Waals surface area contributed by atoms with Crippen LogP contribution in [-0.4, -0.2) is 54.8 Å². The number of hydrogen-bond donors (Lipinski definition) is 0. The quantitative estimate of drug-likeness (QED) is 0.679. The molecule has 0 aliphatic carbocycles. The zero-order valence-corrected chi connectivity index (χ0v) is 17.8. The van der Waals surface area contributed by atoms with Gasteiger partial charge in [0.05, 0.1) is 19.8 Å². The molecule has 7 heteroatoms. The number of nitrogens with zero attached hydrogens (tertiary/aromatic N) is 3. The van der Waals surface area contributed by atoms with Gasteiger partial charge in [0.15, 0.2) is 0 Å². The minimum atomic E-state index is 0.0239. The second-order valence-corrected chi connectivity index (χ2v) is 7.49. The summed E-state index contributed by atoms with van der Waals surface area (Å²) in [5.41, 5.74) is 1.75. The van der Waals surface area contributed by atoms with Crippen molar-refractivity contribution in [2.75, 3.05) is 34.4 Å². The fourth-order valence-electron chi connectivity index (χ4n) is 3.94. The third-order valence-electron chi connectivity index (χ3n) is 5.71. The van der Waals surface area contributed by atoms with E-state index in [1.54, 1.807) is 39.5 Å². The van der Waals surface area contributed by atoms with E-state index in [0.717, 1.165) is 50.4 Å². The molecular formula is C22H31N3O4. The maximum absolute atomic E-state index is 13.0. The molecule has 7 nitrogen and oxygen atoms in total. The highest BCUT2D eigenvalue weighted by atomic mass is 16.5. The maximum Gasteiger partial charge on any atom is 0.257 e. The zero-order valence-electron chi connectivity index (χ0n) is 17.8. The predicted octanol–water partition coefficient (Wildman–Crippen LogP) is 3.30. The van der Waals surface area contributed by atoms with Gasteiger partial charge in [0.25, 0.3) is 5.91 Å². The molecule has 0 unspecified atom stereocenters. The van der Waals surface area contributed by atoms with E-state index in [4.69, 9.17) is 14.2 Å². The van der Waals surface area contributed by atoms with Crippen molar-refractivity contribution in [2.45, 2.75) is 39.3 Å². The Labute approximate surface area is 172 Å². The first-order chi connectivity index (χ1) is 14.1. The van der Waals surface area contributed by atoms with Crippen LogP contribution in [0.2, 0.25) is 0 Å². The second-order valence-electron chi connectivity index (χ2n) is 7.49. The Bertz CT molecular complexity index is 825. The summed E-state index contributed by atoms with van der Waals surface area (Å²) in [5, 5.41) is 0. The maximum atomic E-state index is 13.0. The molecule has 0 bridgehead atoms. The van der Waals surface area contributed by atoms with Crippen molar-refractivity contribution in [2.24, 2.45) is 5.92 Å². The van der Waals surface area contributed by atoms with Gasteiger partial charge in [-0.3, -0.25) is 4.79 Å². The lowest BCUT2D eigenvalue weighted by Crippen LogP contribution is -2.38. The van der Waals surface area contributed by atoms with Gasteiger partial charge in [-0.15, -0.1) is 0 Å². The molecule has 1 fully saturated rings. The number of benzene rings is 1. The van der Waals surface area contributed by atoms with Crippen molar-refractivity contribution < 1.29 is 19.0 Å². The van der Waals surface area contributed by atoms with Crippen LogP contribution in [0.25, 0.3) is 0 Å². The summed E-state index contributed by atoms with van der Waals surface area (Å²) < 4.78 is 18.1. The number of amides is 1. The van der Waals surface area contributed by atoms with Crippen LogP contribution in [0.15, 0.2) is 24.4 Å². The van der Waals surface area contributed by atoms with Crippen LogP contribution >= 0.6 is 0 Å². The average Bonchev–Trinajstić information content (AvgIpc) is 3.11. The molecule has 0 radical (unpaired) electrons. The van der Waals surface area contributed by atoms with Gasteiger partial charge in [0.1, 0.15) is 23.9 Å². The molecular weight excluding hydrogens is 370 g/mol. The van der Waals surface area contributed by atoms with Gasteiger partial charge in [0.2, 0.25) is 0 Å². The van der Waals surface area contributed by atoms with Gasteiger partial charge in [-0.25, -0.2) is 4.98 Å². The lowest BCUT2D eigenvalue weighted by molar-refractivity contribution is 0.0681. The van der Waals surface area contributed by atoms with Gasteiger partial charge in [0, 0.05) is 44.7 Å². The lowest BCUT2D eigenvalue weighted by atomic mass is 9.93. The van der Waals surface area contributed by atoms with E-state index in [1.807, 2.05) is 11.1 Å². The van der Waals surface area contributed by atoms with Crippen LogP contribution in [0, 0.1) is 12.8 Å². The van der Waals surface area contributed by atoms with Crippen molar-refractivity contribution in [1.29, 1.82) is 0 Å². The number of hydrogen-bond acceptors (Lipinski definition) is 5. The number of rotatable bonds is 8. The topological polar surface area (TPSA) is 65.8 Å². The number of carbonyl (C=O) groups excluding carboxylic acids is 1. The smallest absolute Gasteiger partial charge is 0.257 e. The largest absolute Gasteiger partial charge is 0.497 e. The van der Waals surface area contributed by atoms with Crippen LogP contribution in [0.4, 0.5) is 0 Å². The molecule has 1 aliphatic rings. The van der Waals surface area contributed by atoms with E-state index < -0.39 is 0 Å². The number of piperidine rings is 1. The molecule has 1 saturated heterocycles. The number of carbonyl (C=O) groups is 1. The van der Waals surface area contributed by atoms with Crippen LogP contribution < -0.4 is 9.47 Å². The molecule has 3 rings (SSSR count). The molecule has 158 valence electrons. The average molecular weight is 402 g/mol. The fraction of sp³-hybridized carbons (Fsp3) is 0.545. The van der Waals surface area contributed by atoms with Crippen LogP contribution in [0.3, 0.4) is 0 Å². The molecule has 0 spiro atoms. The SMILES string of the molecule is COCc1ncc(C)n1CCC1CCN(C(=O)c2ccc(OC)cc2OC)CC1. The number of ether oxygens (including phenoxy) is 3. The third-order valence-corrected chi connectivity index (χ3v) is 5.71. The van der Waals surface area contributed by atoms with Crippen LogP contribution in [0.1, 0.15) is 41.1 Å². The number of methoxy groups -OCH3 is 3. The highest BCUT2D eigenvalue weighted by Gasteiger charge is 2.26. The first-order valence-electron chi connectivity index (χ1n) is 10.1. The first-order valence-corrected chi connectivity index (χ1v) is 10.1. The van der Waals surface area contributed by atoms with Crippen LogP contribution in [0.5, 0.6) is 11.5 Å². The Balaban J connectivity index is 1.55. The molecule has 1 aliphatic heterocycles.